The van der Waals surface area contributed by atoms with Gasteiger partial charge in [-0.05, 0) is 17.7 Å². The lowest BCUT2D eigenvalue weighted by molar-refractivity contribution is -0.138. The zero-order valence-corrected chi connectivity index (χ0v) is 11.8. The highest BCUT2D eigenvalue weighted by molar-refractivity contribution is 5.67. The topological polar surface area (TPSA) is 94.1 Å². The summed E-state index contributed by atoms with van der Waals surface area (Å²) in [5, 5.41) is 6.92. The SMILES string of the molecule is N=C(N)OCCc1ccc(Oc2ncc(C(F)(F)F)cn2)cc1. The largest absolute Gasteiger partial charge is 0.465 e. The Morgan fingerprint density at radius 2 is 1.74 bits per heavy atom. The van der Waals surface area contributed by atoms with Gasteiger partial charge in [-0.25, -0.2) is 9.97 Å². The second kappa shape index (κ2) is 6.95. The summed E-state index contributed by atoms with van der Waals surface area (Å²) >= 11 is 0. The molecule has 0 spiro atoms. The van der Waals surface area contributed by atoms with E-state index in [9.17, 15) is 13.2 Å². The molecule has 0 unspecified atom stereocenters. The lowest BCUT2D eigenvalue weighted by Crippen LogP contribution is -2.15. The van der Waals surface area contributed by atoms with Crippen LogP contribution in [0.2, 0.25) is 0 Å². The molecule has 0 aliphatic rings. The summed E-state index contributed by atoms with van der Waals surface area (Å²) in [6.07, 6.45) is -2.61. The molecule has 1 heterocycles. The van der Waals surface area contributed by atoms with Crippen molar-refractivity contribution in [2.75, 3.05) is 6.61 Å². The van der Waals surface area contributed by atoms with E-state index < -0.39 is 11.7 Å². The second-order valence-electron chi connectivity index (χ2n) is 4.46. The molecule has 2 rings (SSSR count). The van der Waals surface area contributed by atoms with Gasteiger partial charge in [0.05, 0.1) is 12.2 Å². The summed E-state index contributed by atoms with van der Waals surface area (Å²) < 4.78 is 47.3. The molecule has 2 aromatic rings. The van der Waals surface area contributed by atoms with E-state index in [1.165, 1.54) is 0 Å². The Balaban J connectivity index is 1.94. The van der Waals surface area contributed by atoms with Crippen molar-refractivity contribution < 1.29 is 22.6 Å². The highest BCUT2D eigenvalue weighted by atomic mass is 19.4. The Bertz CT molecular complexity index is 657. The van der Waals surface area contributed by atoms with Gasteiger partial charge in [0.1, 0.15) is 5.75 Å². The third-order valence-electron chi connectivity index (χ3n) is 2.74. The van der Waals surface area contributed by atoms with Crippen LogP contribution in [0.1, 0.15) is 11.1 Å². The molecule has 6 nitrogen and oxygen atoms in total. The molecule has 0 amide bonds. The normalized spacial score (nSPS) is 11.1. The van der Waals surface area contributed by atoms with E-state index >= 15 is 0 Å². The number of hydrogen-bond donors (Lipinski definition) is 2. The predicted molar refractivity (Wildman–Crippen MR) is 75.1 cm³/mol. The molecule has 0 aliphatic carbocycles. The number of amidine groups is 1. The maximum absolute atomic E-state index is 12.4. The van der Waals surface area contributed by atoms with Crippen LogP contribution in [-0.2, 0) is 17.3 Å². The zero-order chi connectivity index (χ0) is 16.9. The Kier molecular flexibility index (Phi) is 4.99. The molecule has 1 aromatic heterocycles. The maximum Gasteiger partial charge on any atom is 0.419 e. The summed E-state index contributed by atoms with van der Waals surface area (Å²) in [6, 6.07) is 6.25. The summed E-state index contributed by atoms with van der Waals surface area (Å²) in [6.45, 7) is 0.275. The Morgan fingerprint density at radius 3 is 2.26 bits per heavy atom. The molecule has 0 fully saturated rings. The molecule has 0 atom stereocenters. The van der Waals surface area contributed by atoms with E-state index in [1.807, 2.05) is 0 Å². The number of alkyl halides is 3. The van der Waals surface area contributed by atoms with E-state index in [0.717, 1.165) is 5.56 Å². The number of rotatable bonds is 5. The summed E-state index contributed by atoms with van der Waals surface area (Å²) in [5.41, 5.74) is 5.04. The van der Waals surface area contributed by atoms with Gasteiger partial charge in [-0.2, -0.15) is 13.2 Å². The van der Waals surface area contributed by atoms with E-state index in [-0.39, 0.29) is 18.6 Å². The number of benzene rings is 1. The van der Waals surface area contributed by atoms with Crippen molar-refractivity contribution >= 4 is 6.02 Å². The fourth-order valence-electron chi connectivity index (χ4n) is 1.62. The second-order valence-corrected chi connectivity index (χ2v) is 4.46. The van der Waals surface area contributed by atoms with Crippen molar-refractivity contribution in [2.24, 2.45) is 5.73 Å². The van der Waals surface area contributed by atoms with Crippen LogP contribution in [0.25, 0.3) is 0 Å². The lowest BCUT2D eigenvalue weighted by atomic mass is 10.1. The molecule has 0 radical (unpaired) electrons. The molecular weight excluding hydrogens is 313 g/mol. The minimum absolute atomic E-state index is 0.175. The lowest BCUT2D eigenvalue weighted by Gasteiger charge is -2.08. The van der Waals surface area contributed by atoms with Gasteiger partial charge in [0.25, 0.3) is 6.02 Å². The molecule has 0 bridgehead atoms. The van der Waals surface area contributed by atoms with Gasteiger partial charge in [-0.3, -0.25) is 5.41 Å². The smallest absolute Gasteiger partial charge is 0.419 e. The van der Waals surface area contributed by atoms with Gasteiger partial charge in [-0.15, -0.1) is 0 Å². The summed E-state index contributed by atoms with van der Waals surface area (Å²) in [5.74, 6) is 0.390. The van der Waals surface area contributed by atoms with Crippen LogP contribution in [0, 0.1) is 5.41 Å². The number of ether oxygens (including phenoxy) is 2. The average Bonchev–Trinajstić information content (AvgIpc) is 2.48. The first kappa shape index (κ1) is 16.5. The van der Waals surface area contributed by atoms with Gasteiger partial charge < -0.3 is 15.2 Å². The van der Waals surface area contributed by atoms with E-state index in [4.69, 9.17) is 20.6 Å². The highest BCUT2D eigenvalue weighted by Crippen LogP contribution is 2.28. The summed E-state index contributed by atoms with van der Waals surface area (Å²) in [7, 11) is 0. The number of hydrogen-bond acceptors (Lipinski definition) is 5. The fourth-order valence-corrected chi connectivity index (χ4v) is 1.62. The Labute approximate surface area is 129 Å². The van der Waals surface area contributed by atoms with Crippen molar-refractivity contribution in [2.45, 2.75) is 12.6 Å². The van der Waals surface area contributed by atoms with Crippen molar-refractivity contribution in [3.63, 3.8) is 0 Å². The van der Waals surface area contributed by atoms with Crippen LogP contribution >= 0.6 is 0 Å². The Hall–Kier alpha value is -2.84. The number of nitrogens with one attached hydrogen (secondary N) is 1. The molecular formula is C14H13F3N4O2. The molecule has 3 N–H and O–H groups in total. The standard InChI is InChI=1S/C14H13F3N4O2/c15-14(16,17)10-7-20-13(21-8-10)23-11-3-1-9(2-4-11)5-6-22-12(18)19/h1-4,7-8H,5-6H2,(H3,18,19). The molecule has 0 aliphatic heterocycles. The van der Waals surface area contributed by atoms with Crippen molar-refractivity contribution in [1.29, 1.82) is 5.41 Å². The number of nitrogens with two attached hydrogens (primary N) is 1. The third kappa shape index (κ3) is 5.13. The first-order valence-corrected chi connectivity index (χ1v) is 6.47. The molecule has 122 valence electrons. The Morgan fingerprint density at radius 1 is 1.13 bits per heavy atom. The monoisotopic (exact) mass is 326 g/mol. The van der Waals surface area contributed by atoms with Crippen LogP contribution < -0.4 is 10.5 Å². The maximum atomic E-state index is 12.4. The van der Waals surface area contributed by atoms with Gasteiger partial charge in [0.2, 0.25) is 0 Å². The van der Waals surface area contributed by atoms with E-state index in [1.54, 1.807) is 24.3 Å². The van der Waals surface area contributed by atoms with Crippen LogP contribution in [0.5, 0.6) is 11.8 Å². The van der Waals surface area contributed by atoms with Crippen molar-refractivity contribution in [1.82, 2.24) is 9.97 Å². The first-order chi connectivity index (χ1) is 10.8. The molecule has 23 heavy (non-hydrogen) atoms. The van der Waals surface area contributed by atoms with Crippen LogP contribution in [0.15, 0.2) is 36.7 Å². The number of nitrogens with zero attached hydrogens (tertiary/aromatic N) is 2. The van der Waals surface area contributed by atoms with Gasteiger partial charge in [0, 0.05) is 18.8 Å². The molecule has 9 heteroatoms. The first-order valence-electron chi connectivity index (χ1n) is 6.47. The zero-order valence-electron chi connectivity index (χ0n) is 11.8. The van der Waals surface area contributed by atoms with Gasteiger partial charge >= 0.3 is 12.2 Å². The van der Waals surface area contributed by atoms with Crippen LogP contribution in [0.3, 0.4) is 0 Å². The number of aromatic nitrogens is 2. The third-order valence-corrected chi connectivity index (χ3v) is 2.74. The van der Waals surface area contributed by atoms with Gasteiger partial charge in [0.15, 0.2) is 0 Å². The average molecular weight is 326 g/mol. The van der Waals surface area contributed by atoms with Crippen LogP contribution in [-0.4, -0.2) is 22.6 Å². The minimum atomic E-state index is -4.48. The quantitative estimate of drug-likeness (QED) is 0.651. The van der Waals surface area contributed by atoms with Crippen LogP contribution in [0.4, 0.5) is 13.2 Å². The molecule has 1 aromatic carbocycles. The fraction of sp³-hybridized carbons (Fsp3) is 0.214. The molecule has 0 saturated carbocycles. The highest BCUT2D eigenvalue weighted by Gasteiger charge is 2.31. The summed E-state index contributed by atoms with van der Waals surface area (Å²) in [4.78, 5) is 7.04. The van der Waals surface area contributed by atoms with E-state index in [2.05, 4.69) is 9.97 Å². The van der Waals surface area contributed by atoms with Crippen molar-refractivity contribution in [3.05, 3.63) is 47.8 Å². The van der Waals surface area contributed by atoms with Gasteiger partial charge in [-0.1, -0.05) is 12.1 Å². The van der Waals surface area contributed by atoms with Crippen molar-refractivity contribution in [3.8, 4) is 11.8 Å². The predicted octanol–water partition coefficient (Wildman–Crippen LogP) is 2.74. The van der Waals surface area contributed by atoms with E-state index in [0.29, 0.717) is 24.6 Å². The number of halogens is 3. The molecule has 0 saturated heterocycles. The minimum Gasteiger partial charge on any atom is -0.465 e.